The molecule has 0 atom stereocenters. The van der Waals surface area contributed by atoms with Crippen molar-refractivity contribution in [1.29, 1.82) is 0 Å². The third-order valence-corrected chi connectivity index (χ3v) is 4.43. The van der Waals surface area contributed by atoms with Crippen LogP contribution in [0.15, 0.2) is 35.1 Å². The molecule has 0 bridgehead atoms. The molecule has 160 valence electrons. The number of rotatable bonds is 7. The van der Waals surface area contributed by atoms with Gasteiger partial charge >= 0.3 is 12.1 Å². The highest BCUT2D eigenvalue weighted by molar-refractivity contribution is 9.10. The van der Waals surface area contributed by atoms with Gasteiger partial charge in [-0.1, -0.05) is 28.1 Å². The fourth-order valence-electron chi connectivity index (χ4n) is 2.70. The van der Waals surface area contributed by atoms with Crippen molar-refractivity contribution in [3.05, 3.63) is 40.6 Å². The van der Waals surface area contributed by atoms with E-state index in [2.05, 4.69) is 36.2 Å². The number of nitrogens with two attached hydrogens (primary N) is 1. The van der Waals surface area contributed by atoms with Crippen LogP contribution in [0.5, 0.6) is 6.01 Å². The Kier molecular flexibility index (Phi) is 6.76. The van der Waals surface area contributed by atoms with Crippen molar-refractivity contribution in [2.75, 3.05) is 18.9 Å². The Hall–Kier alpha value is -2.88. The van der Waals surface area contributed by atoms with Gasteiger partial charge in [0, 0.05) is 11.0 Å². The molecule has 0 spiro atoms. The van der Waals surface area contributed by atoms with E-state index in [9.17, 15) is 4.79 Å². The van der Waals surface area contributed by atoms with Gasteiger partial charge in [-0.05, 0) is 44.9 Å². The molecule has 0 fully saturated rings. The van der Waals surface area contributed by atoms with Crippen LogP contribution < -0.4 is 15.8 Å². The number of anilines is 1. The van der Waals surface area contributed by atoms with Gasteiger partial charge in [0.25, 0.3) is 0 Å². The Balaban J connectivity index is 1.59. The van der Waals surface area contributed by atoms with Crippen LogP contribution >= 0.6 is 15.9 Å². The summed E-state index contributed by atoms with van der Waals surface area (Å²) >= 11 is 3.48. The van der Waals surface area contributed by atoms with Crippen molar-refractivity contribution >= 4 is 39.0 Å². The van der Waals surface area contributed by atoms with Gasteiger partial charge in [-0.25, -0.2) is 9.78 Å². The molecule has 2 heterocycles. The van der Waals surface area contributed by atoms with Gasteiger partial charge in [0.2, 0.25) is 0 Å². The Morgan fingerprint density at radius 1 is 1.30 bits per heavy atom. The molecule has 3 rings (SSSR count). The number of hydrogen-bond acceptors (Lipinski definition) is 7. The second kappa shape index (κ2) is 9.29. The summed E-state index contributed by atoms with van der Waals surface area (Å²) in [5.41, 5.74) is 7.73. The zero-order valence-corrected chi connectivity index (χ0v) is 18.8. The Morgan fingerprint density at radius 3 is 2.83 bits per heavy atom. The number of alkyl carbamates (subject to hydrolysis) is 1. The maximum absolute atomic E-state index is 11.6. The first-order valence-electron chi connectivity index (χ1n) is 9.54. The van der Waals surface area contributed by atoms with Crippen LogP contribution in [-0.2, 0) is 11.3 Å². The third-order valence-electron chi connectivity index (χ3n) is 3.93. The van der Waals surface area contributed by atoms with E-state index < -0.39 is 11.7 Å². The second-order valence-corrected chi connectivity index (χ2v) is 8.61. The van der Waals surface area contributed by atoms with E-state index in [-0.39, 0.29) is 11.8 Å². The summed E-state index contributed by atoms with van der Waals surface area (Å²) < 4.78 is 13.7. The van der Waals surface area contributed by atoms with Gasteiger partial charge < -0.3 is 25.1 Å². The van der Waals surface area contributed by atoms with Crippen molar-refractivity contribution in [2.45, 2.75) is 39.3 Å². The van der Waals surface area contributed by atoms with Crippen LogP contribution in [0.3, 0.4) is 0 Å². The fourth-order valence-corrected chi connectivity index (χ4v) is 3.14. The van der Waals surface area contributed by atoms with E-state index >= 15 is 0 Å². The minimum absolute atomic E-state index is 0.174. The second-order valence-electron chi connectivity index (χ2n) is 7.70. The van der Waals surface area contributed by atoms with Crippen molar-refractivity contribution in [1.82, 2.24) is 24.8 Å². The van der Waals surface area contributed by atoms with Gasteiger partial charge in [-0.2, -0.15) is 9.97 Å². The van der Waals surface area contributed by atoms with E-state index in [4.69, 9.17) is 15.2 Å². The lowest BCUT2D eigenvalue weighted by molar-refractivity contribution is 0.0525. The molecule has 0 radical (unpaired) electrons. The third kappa shape index (κ3) is 6.06. The largest absolute Gasteiger partial charge is 0.463 e. The number of nitrogens with zero attached hydrogens (tertiary/aromatic N) is 4. The molecular weight excluding hydrogens is 452 g/mol. The molecule has 1 amide bonds. The predicted molar refractivity (Wildman–Crippen MR) is 117 cm³/mol. The first-order chi connectivity index (χ1) is 14.2. The molecule has 0 aliphatic heterocycles. The number of carbonyl (C=O) groups is 1. The zero-order valence-electron chi connectivity index (χ0n) is 17.2. The summed E-state index contributed by atoms with van der Waals surface area (Å²) in [5.74, 6) is 0.259. The Bertz CT molecular complexity index is 1030. The smallest absolute Gasteiger partial charge is 0.407 e. The highest BCUT2D eigenvalue weighted by Gasteiger charge is 2.16. The summed E-state index contributed by atoms with van der Waals surface area (Å²) in [6.07, 6.45) is 1.80. The molecule has 0 saturated carbocycles. The summed E-state index contributed by atoms with van der Waals surface area (Å²) in [4.78, 5) is 24.6. The van der Waals surface area contributed by atoms with Crippen molar-refractivity contribution < 1.29 is 14.3 Å². The summed E-state index contributed by atoms with van der Waals surface area (Å²) in [6.45, 7) is 6.76. The summed E-state index contributed by atoms with van der Waals surface area (Å²) in [7, 11) is 0. The fraction of sp³-hybridized carbons (Fsp3) is 0.400. The number of aromatic nitrogens is 4. The maximum Gasteiger partial charge on any atom is 0.407 e. The van der Waals surface area contributed by atoms with Gasteiger partial charge in [-0.15, -0.1) is 0 Å². The highest BCUT2D eigenvalue weighted by atomic mass is 79.9. The lowest BCUT2D eigenvalue weighted by Gasteiger charge is -2.19. The normalized spacial score (nSPS) is 11.5. The van der Waals surface area contributed by atoms with Gasteiger partial charge in [0.1, 0.15) is 5.60 Å². The van der Waals surface area contributed by atoms with Gasteiger partial charge in [0.15, 0.2) is 17.0 Å². The molecular formula is C20H25BrN6O3. The molecule has 0 aliphatic carbocycles. The first kappa shape index (κ1) is 21.8. The van der Waals surface area contributed by atoms with Gasteiger partial charge in [-0.3, -0.25) is 0 Å². The number of ether oxygens (including phenoxy) is 2. The number of imidazole rings is 1. The van der Waals surface area contributed by atoms with E-state index in [1.807, 2.05) is 49.6 Å². The number of amides is 1. The zero-order chi connectivity index (χ0) is 21.7. The van der Waals surface area contributed by atoms with Crippen molar-refractivity contribution in [3.8, 4) is 6.01 Å². The number of fused-ring (bicyclic) bond motifs is 1. The number of nitrogens with one attached hydrogen (secondary N) is 1. The lowest BCUT2D eigenvalue weighted by Crippen LogP contribution is -2.33. The van der Waals surface area contributed by atoms with Crippen molar-refractivity contribution in [3.63, 3.8) is 0 Å². The molecule has 0 unspecified atom stereocenters. The summed E-state index contributed by atoms with van der Waals surface area (Å²) in [5, 5.41) is 2.68. The minimum atomic E-state index is -0.528. The number of halogens is 1. The molecule has 3 N–H and O–H groups in total. The highest BCUT2D eigenvalue weighted by Crippen LogP contribution is 2.21. The van der Waals surface area contributed by atoms with Crippen LogP contribution in [0, 0.1) is 0 Å². The topological polar surface area (TPSA) is 117 Å². The minimum Gasteiger partial charge on any atom is -0.463 e. The Morgan fingerprint density at radius 2 is 2.10 bits per heavy atom. The molecule has 0 aliphatic rings. The van der Waals surface area contributed by atoms with Gasteiger partial charge in [0.05, 0.1) is 19.5 Å². The molecule has 9 nitrogen and oxygen atoms in total. The van der Waals surface area contributed by atoms with Crippen LogP contribution in [0.1, 0.15) is 32.8 Å². The molecule has 2 aromatic heterocycles. The number of carbonyl (C=O) groups excluding carboxylic acids is 1. The maximum atomic E-state index is 11.6. The molecule has 30 heavy (non-hydrogen) atoms. The number of hydrogen-bond donors (Lipinski definition) is 2. The molecule has 0 saturated heterocycles. The number of nitrogen functional groups attached to an aromatic ring is 1. The van der Waals surface area contributed by atoms with Crippen LogP contribution in [0.25, 0.3) is 11.2 Å². The van der Waals surface area contributed by atoms with E-state index in [0.717, 1.165) is 10.0 Å². The van der Waals surface area contributed by atoms with Crippen LogP contribution in [0.4, 0.5) is 10.6 Å². The average Bonchev–Trinajstić information content (AvgIpc) is 3.03. The quantitative estimate of drug-likeness (QED) is 0.500. The molecule has 1 aromatic carbocycles. The van der Waals surface area contributed by atoms with Crippen LogP contribution in [0.2, 0.25) is 0 Å². The number of benzene rings is 1. The van der Waals surface area contributed by atoms with Crippen molar-refractivity contribution in [2.24, 2.45) is 0 Å². The summed E-state index contributed by atoms with van der Waals surface area (Å²) in [6, 6.07) is 8.18. The van der Waals surface area contributed by atoms with Crippen LogP contribution in [-0.4, -0.2) is 44.4 Å². The SMILES string of the molecule is CC(C)(C)OC(=O)NCCCOc1nc(N)c2ncn(Cc3cccc(Br)c3)c2n1. The predicted octanol–water partition coefficient (Wildman–Crippen LogP) is 3.51. The van der Waals surface area contributed by atoms with E-state index in [1.54, 1.807) is 6.33 Å². The monoisotopic (exact) mass is 476 g/mol. The average molecular weight is 477 g/mol. The standard InChI is InChI=1S/C20H25BrN6O3/c1-20(2,3)30-19(28)23-8-5-9-29-18-25-16(22)15-17(26-18)27(12-24-15)11-13-6-4-7-14(21)10-13/h4,6-7,10,12H,5,8-9,11H2,1-3H3,(H,23,28)(H2,22,25,26). The first-order valence-corrected chi connectivity index (χ1v) is 10.3. The lowest BCUT2D eigenvalue weighted by atomic mass is 10.2. The van der Waals surface area contributed by atoms with E-state index in [1.165, 1.54) is 0 Å². The molecule has 3 aromatic rings. The molecule has 10 heteroatoms. The van der Waals surface area contributed by atoms with E-state index in [0.29, 0.717) is 37.3 Å². The Labute approximate surface area is 183 Å².